The van der Waals surface area contributed by atoms with Crippen molar-refractivity contribution in [2.75, 3.05) is 0 Å². The molecule has 0 fully saturated rings. The molecule has 0 bridgehead atoms. The average Bonchev–Trinajstić information content (AvgIpc) is 3.02. The Bertz CT molecular complexity index is 973. The molecule has 0 aliphatic rings. The molecule has 2 aromatic carbocycles. The van der Waals surface area contributed by atoms with Gasteiger partial charge < -0.3 is 4.84 Å². The van der Waals surface area contributed by atoms with E-state index in [0.717, 1.165) is 4.57 Å². The van der Waals surface area contributed by atoms with E-state index in [4.69, 9.17) is 10.1 Å². The molecule has 0 radical (unpaired) electrons. The lowest BCUT2D eigenvalue weighted by Crippen LogP contribution is -2.10. The largest absolute Gasteiger partial charge is 0.391 e. The average molecular weight is 340 g/mol. The van der Waals surface area contributed by atoms with Gasteiger partial charge in [-0.15, -0.1) is 0 Å². The number of nitrogens with zero attached hydrogens (tertiary/aromatic N) is 4. The molecule has 5 nitrogen and oxygen atoms in total. The van der Waals surface area contributed by atoms with Gasteiger partial charge in [0.2, 0.25) is 0 Å². The fraction of sp³-hybridized carbons (Fsp3) is 0.167. The Labute approximate surface area is 142 Å². The van der Waals surface area contributed by atoms with Crippen molar-refractivity contribution < 1.29 is 13.6 Å². The highest BCUT2D eigenvalue weighted by Crippen LogP contribution is 2.23. The molecule has 3 rings (SSSR count). The van der Waals surface area contributed by atoms with Gasteiger partial charge in [0.15, 0.2) is 5.82 Å². The zero-order valence-corrected chi connectivity index (χ0v) is 13.4. The lowest BCUT2D eigenvalue weighted by molar-refractivity contribution is 0.0736. The molecule has 1 aromatic heterocycles. The molecular formula is C18H14F2N4O. The Kier molecular flexibility index (Phi) is 4.70. The molecular weight excluding hydrogens is 326 g/mol. The van der Waals surface area contributed by atoms with Crippen molar-refractivity contribution in [3.05, 3.63) is 65.5 Å². The first-order chi connectivity index (χ1) is 12.1. The van der Waals surface area contributed by atoms with Gasteiger partial charge in [0.25, 0.3) is 0 Å². The van der Waals surface area contributed by atoms with Crippen LogP contribution in [-0.2, 0) is 11.4 Å². The second-order valence-electron chi connectivity index (χ2n) is 5.29. The Hall–Kier alpha value is -3.27. The molecule has 25 heavy (non-hydrogen) atoms. The van der Waals surface area contributed by atoms with E-state index in [-0.39, 0.29) is 18.1 Å². The maximum Gasteiger partial charge on any atom is 0.320 e. The third kappa shape index (κ3) is 3.33. The molecule has 0 spiro atoms. The third-order valence-electron chi connectivity index (χ3n) is 3.67. The summed E-state index contributed by atoms with van der Waals surface area (Å²) in [4.78, 5) is 9.46. The number of hydrogen-bond donors (Lipinski definition) is 0. The second kappa shape index (κ2) is 7.09. The molecule has 0 unspecified atom stereocenters. The van der Waals surface area contributed by atoms with Crippen LogP contribution in [0.3, 0.4) is 0 Å². The van der Waals surface area contributed by atoms with Crippen molar-refractivity contribution in [2.24, 2.45) is 5.16 Å². The highest BCUT2D eigenvalue weighted by Gasteiger charge is 2.19. The first-order valence-electron chi connectivity index (χ1n) is 7.52. The van der Waals surface area contributed by atoms with Gasteiger partial charge in [-0.25, -0.2) is 4.98 Å². The van der Waals surface area contributed by atoms with E-state index in [1.54, 1.807) is 55.5 Å². The van der Waals surface area contributed by atoms with Crippen LogP contribution >= 0.6 is 0 Å². The summed E-state index contributed by atoms with van der Waals surface area (Å²) in [5.74, 6) is 0.0461. The quantitative estimate of drug-likeness (QED) is 0.515. The smallest absolute Gasteiger partial charge is 0.320 e. The van der Waals surface area contributed by atoms with Crippen LogP contribution < -0.4 is 0 Å². The maximum absolute atomic E-state index is 13.4. The summed E-state index contributed by atoms with van der Waals surface area (Å²) < 4.78 is 27.7. The van der Waals surface area contributed by atoms with E-state index in [0.29, 0.717) is 22.2 Å². The van der Waals surface area contributed by atoms with Crippen molar-refractivity contribution in [1.82, 2.24) is 9.55 Å². The monoisotopic (exact) mass is 340 g/mol. The first kappa shape index (κ1) is 16.6. The number of rotatable bonds is 5. The van der Waals surface area contributed by atoms with E-state index in [1.807, 2.05) is 0 Å². The Balaban J connectivity index is 1.87. The number of oxime groups is 1. The predicted molar refractivity (Wildman–Crippen MR) is 89.1 cm³/mol. The topological polar surface area (TPSA) is 63.2 Å². The molecule has 0 saturated carbocycles. The van der Waals surface area contributed by atoms with Gasteiger partial charge in [0, 0.05) is 5.56 Å². The summed E-state index contributed by atoms with van der Waals surface area (Å²) in [6, 6.07) is 15.7. The van der Waals surface area contributed by atoms with Gasteiger partial charge in [-0.1, -0.05) is 35.5 Å². The number of benzene rings is 2. The number of para-hydroxylation sites is 2. The third-order valence-corrected chi connectivity index (χ3v) is 3.67. The standard InChI is InChI=1S/C18H14F2N4O/c1-12(23-25-11-14-7-3-2-6-13(14)10-21)17-22-15-8-4-5-9-16(15)24(17)18(19)20/h2-9,18H,11H2,1H3/b23-12+. The molecule has 3 aromatic rings. The Morgan fingerprint density at radius 1 is 1.24 bits per heavy atom. The van der Waals surface area contributed by atoms with E-state index in [2.05, 4.69) is 16.2 Å². The molecule has 0 N–H and O–H groups in total. The second-order valence-corrected chi connectivity index (χ2v) is 5.29. The lowest BCUT2D eigenvalue weighted by atomic mass is 10.1. The van der Waals surface area contributed by atoms with Crippen molar-refractivity contribution >= 4 is 16.7 Å². The SMILES string of the molecule is C/C(=N\OCc1ccccc1C#N)c1nc2ccccc2n1C(F)F. The molecule has 0 atom stereocenters. The van der Waals surface area contributed by atoms with Crippen LogP contribution in [-0.4, -0.2) is 15.3 Å². The normalized spacial score (nSPS) is 11.7. The van der Waals surface area contributed by atoms with Gasteiger partial charge in [-0.05, 0) is 25.1 Å². The molecule has 1 heterocycles. The zero-order valence-electron chi connectivity index (χ0n) is 13.4. The maximum atomic E-state index is 13.4. The number of halogens is 2. The number of alkyl halides is 2. The van der Waals surface area contributed by atoms with E-state index in [9.17, 15) is 8.78 Å². The minimum atomic E-state index is -2.74. The minimum absolute atomic E-state index is 0.0461. The Morgan fingerprint density at radius 3 is 2.72 bits per heavy atom. The minimum Gasteiger partial charge on any atom is -0.391 e. The zero-order chi connectivity index (χ0) is 17.8. The number of imidazole rings is 1. The van der Waals surface area contributed by atoms with Crippen LogP contribution in [0.1, 0.15) is 30.4 Å². The Morgan fingerprint density at radius 2 is 1.96 bits per heavy atom. The van der Waals surface area contributed by atoms with Gasteiger partial charge in [-0.3, -0.25) is 4.57 Å². The first-order valence-corrected chi connectivity index (χ1v) is 7.52. The summed E-state index contributed by atoms with van der Waals surface area (Å²) in [5.41, 5.74) is 2.17. The molecule has 0 amide bonds. The lowest BCUT2D eigenvalue weighted by Gasteiger charge is -2.07. The van der Waals surface area contributed by atoms with Crippen molar-refractivity contribution in [1.29, 1.82) is 5.26 Å². The van der Waals surface area contributed by atoms with Crippen molar-refractivity contribution in [2.45, 2.75) is 20.1 Å². The van der Waals surface area contributed by atoms with E-state index in [1.165, 1.54) is 0 Å². The molecule has 0 aliphatic heterocycles. The van der Waals surface area contributed by atoms with Gasteiger partial charge in [-0.2, -0.15) is 14.0 Å². The highest BCUT2D eigenvalue weighted by molar-refractivity contribution is 5.98. The van der Waals surface area contributed by atoms with Crippen LogP contribution in [0, 0.1) is 11.3 Å². The van der Waals surface area contributed by atoms with Gasteiger partial charge in [0.05, 0.1) is 22.7 Å². The van der Waals surface area contributed by atoms with Crippen molar-refractivity contribution in [3.63, 3.8) is 0 Å². The molecule has 126 valence electrons. The van der Waals surface area contributed by atoms with Gasteiger partial charge in [0.1, 0.15) is 12.3 Å². The van der Waals surface area contributed by atoms with Crippen LogP contribution in [0.5, 0.6) is 0 Å². The fourth-order valence-corrected chi connectivity index (χ4v) is 2.49. The molecule has 0 saturated heterocycles. The summed E-state index contributed by atoms with van der Waals surface area (Å²) in [6.45, 7) is -1.13. The van der Waals surface area contributed by atoms with Crippen LogP contribution in [0.25, 0.3) is 11.0 Å². The number of nitriles is 1. The molecule has 7 heteroatoms. The summed E-state index contributed by atoms with van der Waals surface area (Å²) in [7, 11) is 0. The number of hydrogen-bond acceptors (Lipinski definition) is 4. The van der Waals surface area contributed by atoms with Crippen molar-refractivity contribution in [3.8, 4) is 6.07 Å². The highest BCUT2D eigenvalue weighted by atomic mass is 19.3. The summed E-state index contributed by atoms with van der Waals surface area (Å²) in [6.07, 6.45) is 0. The van der Waals surface area contributed by atoms with E-state index >= 15 is 0 Å². The summed E-state index contributed by atoms with van der Waals surface area (Å²) >= 11 is 0. The van der Waals surface area contributed by atoms with Crippen LogP contribution in [0.4, 0.5) is 8.78 Å². The van der Waals surface area contributed by atoms with Crippen LogP contribution in [0.2, 0.25) is 0 Å². The molecule has 0 aliphatic carbocycles. The number of aromatic nitrogens is 2. The van der Waals surface area contributed by atoms with Gasteiger partial charge >= 0.3 is 6.55 Å². The van der Waals surface area contributed by atoms with E-state index < -0.39 is 6.55 Å². The fourth-order valence-electron chi connectivity index (χ4n) is 2.49. The summed E-state index contributed by atoms with van der Waals surface area (Å²) in [5, 5.41) is 12.9. The number of fused-ring (bicyclic) bond motifs is 1. The predicted octanol–water partition coefficient (Wildman–Crippen LogP) is 4.24. The van der Waals surface area contributed by atoms with Crippen LogP contribution in [0.15, 0.2) is 53.7 Å².